The fourth-order valence-corrected chi connectivity index (χ4v) is 3.83. The Morgan fingerprint density at radius 1 is 0.774 bits per heavy atom. The SMILES string of the molecule is CCOc1ccc(C(=O)c2csc(-c3ccc(OCC)c(OCC)c3)n2)cc1OCC. The number of ether oxygens (including phenoxy) is 4. The molecule has 0 radical (unpaired) electrons. The van der Waals surface area contributed by atoms with Crippen molar-refractivity contribution in [2.75, 3.05) is 26.4 Å². The van der Waals surface area contributed by atoms with Gasteiger partial charge in [0, 0.05) is 16.5 Å². The van der Waals surface area contributed by atoms with Gasteiger partial charge in [0.15, 0.2) is 23.0 Å². The third kappa shape index (κ3) is 5.35. The zero-order chi connectivity index (χ0) is 22.2. The monoisotopic (exact) mass is 441 g/mol. The molecule has 0 saturated heterocycles. The number of carbonyl (C=O) groups is 1. The van der Waals surface area contributed by atoms with E-state index in [0.717, 1.165) is 10.6 Å². The van der Waals surface area contributed by atoms with Crippen LogP contribution in [0.15, 0.2) is 41.8 Å². The van der Waals surface area contributed by atoms with Crippen molar-refractivity contribution in [3.05, 3.63) is 53.0 Å². The van der Waals surface area contributed by atoms with Crippen molar-refractivity contribution >= 4 is 17.1 Å². The summed E-state index contributed by atoms with van der Waals surface area (Å²) in [6.07, 6.45) is 0. The van der Waals surface area contributed by atoms with Gasteiger partial charge in [-0.25, -0.2) is 4.98 Å². The molecular formula is C24H27NO5S. The number of nitrogens with zero attached hydrogens (tertiary/aromatic N) is 1. The van der Waals surface area contributed by atoms with Crippen molar-refractivity contribution in [2.45, 2.75) is 27.7 Å². The van der Waals surface area contributed by atoms with Crippen LogP contribution in [0.1, 0.15) is 43.7 Å². The van der Waals surface area contributed by atoms with Crippen molar-refractivity contribution in [3.8, 4) is 33.6 Å². The van der Waals surface area contributed by atoms with Gasteiger partial charge in [0.05, 0.1) is 26.4 Å². The van der Waals surface area contributed by atoms with E-state index in [1.807, 2.05) is 45.9 Å². The van der Waals surface area contributed by atoms with Crippen LogP contribution in [0, 0.1) is 0 Å². The predicted molar refractivity (Wildman–Crippen MR) is 122 cm³/mol. The Hall–Kier alpha value is -3.06. The normalized spacial score (nSPS) is 10.6. The molecule has 0 atom stereocenters. The first-order valence-corrected chi connectivity index (χ1v) is 11.3. The minimum absolute atomic E-state index is 0.164. The number of hydrogen-bond acceptors (Lipinski definition) is 7. The molecule has 0 bridgehead atoms. The fourth-order valence-electron chi connectivity index (χ4n) is 3.03. The average Bonchev–Trinajstić information content (AvgIpc) is 3.26. The lowest BCUT2D eigenvalue weighted by Crippen LogP contribution is -2.04. The predicted octanol–water partition coefficient (Wildman–Crippen LogP) is 5.64. The standard InChI is InChI=1S/C24H27NO5S/c1-5-27-19-11-9-16(13-21(19)29-7-3)23(26)18-15-31-24(25-18)17-10-12-20(28-6-2)22(14-17)30-8-4/h9-15H,5-8H2,1-4H3. The molecule has 0 unspecified atom stereocenters. The number of ketones is 1. The van der Waals surface area contributed by atoms with Gasteiger partial charge in [-0.15, -0.1) is 11.3 Å². The van der Waals surface area contributed by atoms with Crippen molar-refractivity contribution < 1.29 is 23.7 Å². The highest BCUT2D eigenvalue weighted by atomic mass is 32.1. The zero-order valence-electron chi connectivity index (χ0n) is 18.3. The minimum Gasteiger partial charge on any atom is -0.490 e. The van der Waals surface area contributed by atoms with Gasteiger partial charge >= 0.3 is 0 Å². The first kappa shape index (κ1) is 22.6. The lowest BCUT2D eigenvalue weighted by Gasteiger charge is -2.12. The highest BCUT2D eigenvalue weighted by Gasteiger charge is 2.18. The van der Waals surface area contributed by atoms with Crippen LogP contribution < -0.4 is 18.9 Å². The third-order valence-corrected chi connectivity index (χ3v) is 5.22. The molecule has 0 aliphatic carbocycles. The summed E-state index contributed by atoms with van der Waals surface area (Å²) in [5.41, 5.74) is 1.77. The molecule has 2 aromatic carbocycles. The Morgan fingerprint density at radius 3 is 1.94 bits per heavy atom. The van der Waals surface area contributed by atoms with Crippen LogP contribution in [-0.4, -0.2) is 37.2 Å². The Labute approximate surface area is 186 Å². The lowest BCUT2D eigenvalue weighted by molar-refractivity contribution is 0.103. The maximum absolute atomic E-state index is 13.0. The molecule has 164 valence electrons. The number of rotatable bonds is 11. The van der Waals surface area contributed by atoms with E-state index >= 15 is 0 Å². The summed E-state index contributed by atoms with van der Waals surface area (Å²) in [6, 6.07) is 10.9. The molecule has 1 aromatic heterocycles. The summed E-state index contributed by atoms with van der Waals surface area (Å²) in [6.45, 7) is 9.75. The quantitative estimate of drug-likeness (QED) is 0.359. The summed E-state index contributed by atoms with van der Waals surface area (Å²) in [4.78, 5) is 17.6. The van der Waals surface area contributed by atoms with E-state index in [1.54, 1.807) is 23.6 Å². The maximum Gasteiger partial charge on any atom is 0.212 e. The van der Waals surface area contributed by atoms with Crippen molar-refractivity contribution in [1.82, 2.24) is 4.98 Å². The van der Waals surface area contributed by atoms with Crippen molar-refractivity contribution in [2.24, 2.45) is 0 Å². The Morgan fingerprint density at radius 2 is 1.32 bits per heavy atom. The molecule has 3 rings (SSSR count). The largest absolute Gasteiger partial charge is 0.490 e. The second-order valence-corrected chi connectivity index (χ2v) is 7.28. The smallest absolute Gasteiger partial charge is 0.212 e. The Balaban J connectivity index is 1.87. The maximum atomic E-state index is 13.0. The molecule has 31 heavy (non-hydrogen) atoms. The van der Waals surface area contributed by atoms with Gasteiger partial charge in [-0.1, -0.05) is 0 Å². The molecule has 0 N–H and O–H groups in total. The molecule has 0 amide bonds. The minimum atomic E-state index is -0.164. The van der Waals surface area contributed by atoms with Crippen molar-refractivity contribution in [1.29, 1.82) is 0 Å². The van der Waals surface area contributed by atoms with Gasteiger partial charge in [-0.3, -0.25) is 4.79 Å². The van der Waals surface area contributed by atoms with Crippen LogP contribution in [0.3, 0.4) is 0 Å². The van der Waals surface area contributed by atoms with Gasteiger partial charge in [-0.2, -0.15) is 0 Å². The molecule has 1 heterocycles. The summed E-state index contributed by atoms with van der Waals surface area (Å²) >= 11 is 1.41. The van der Waals surface area contributed by atoms with E-state index in [1.165, 1.54) is 11.3 Å². The second-order valence-electron chi connectivity index (χ2n) is 6.42. The molecule has 3 aromatic rings. The van der Waals surface area contributed by atoms with E-state index in [4.69, 9.17) is 18.9 Å². The van der Waals surface area contributed by atoms with E-state index in [0.29, 0.717) is 60.7 Å². The molecular weight excluding hydrogens is 414 g/mol. The molecule has 7 heteroatoms. The second kappa shape index (κ2) is 10.8. The highest BCUT2D eigenvalue weighted by Crippen LogP contribution is 2.35. The van der Waals surface area contributed by atoms with Crippen LogP contribution in [0.25, 0.3) is 10.6 Å². The number of aromatic nitrogens is 1. The number of carbonyl (C=O) groups excluding carboxylic acids is 1. The van der Waals surface area contributed by atoms with Crippen LogP contribution in [0.5, 0.6) is 23.0 Å². The zero-order valence-corrected chi connectivity index (χ0v) is 19.1. The first-order valence-electron chi connectivity index (χ1n) is 10.4. The molecule has 0 aliphatic rings. The van der Waals surface area contributed by atoms with Gasteiger partial charge in [-0.05, 0) is 64.1 Å². The molecule has 0 aliphatic heterocycles. The Bertz CT molecular complexity index is 1030. The van der Waals surface area contributed by atoms with Gasteiger partial charge in [0.1, 0.15) is 10.7 Å². The molecule has 0 spiro atoms. The van der Waals surface area contributed by atoms with Gasteiger partial charge < -0.3 is 18.9 Å². The Kier molecular flexibility index (Phi) is 7.89. The van der Waals surface area contributed by atoms with E-state index in [-0.39, 0.29) is 5.78 Å². The van der Waals surface area contributed by atoms with Crippen LogP contribution in [-0.2, 0) is 0 Å². The first-order chi connectivity index (χ1) is 15.1. The third-order valence-electron chi connectivity index (χ3n) is 4.33. The molecule has 0 saturated carbocycles. The lowest BCUT2D eigenvalue weighted by atomic mass is 10.1. The van der Waals surface area contributed by atoms with E-state index < -0.39 is 0 Å². The van der Waals surface area contributed by atoms with Crippen molar-refractivity contribution in [3.63, 3.8) is 0 Å². The number of benzene rings is 2. The van der Waals surface area contributed by atoms with Gasteiger partial charge in [0.2, 0.25) is 5.78 Å². The fraction of sp³-hybridized carbons (Fsp3) is 0.333. The van der Waals surface area contributed by atoms with E-state index in [2.05, 4.69) is 4.98 Å². The summed E-state index contributed by atoms with van der Waals surface area (Å²) in [5.74, 6) is 2.37. The topological polar surface area (TPSA) is 66.9 Å². The number of thiazole rings is 1. The van der Waals surface area contributed by atoms with Crippen LogP contribution in [0.4, 0.5) is 0 Å². The van der Waals surface area contributed by atoms with Gasteiger partial charge in [0.25, 0.3) is 0 Å². The average molecular weight is 442 g/mol. The molecule has 6 nitrogen and oxygen atoms in total. The summed E-state index contributed by atoms with van der Waals surface area (Å²) < 4.78 is 22.5. The summed E-state index contributed by atoms with van der Waals surface area (Å²) in [5, 5.41) is 2.51. The van der Waals surface area contributed by atoms with Crippen LogP contribution in [0.2, 0.25) is 0 Å². The van der Waals surface area contributed by atoms with E-state index in [9.17, 15) is 4.79 Å². The summed E-state index contributed by atoms with van der Waals surface area (Å²) in [7, 11) is 0. The number of hydrogen-bond donors (Lipinski definition) is 0. The van der Waals surface area contributed by atoms with Crippen LogP contribution >= 0.6 is 11.3 Å². The molecule has 0 fully saturated rings. The highest BCUT2D eigenvalue weighted by molar-refractivity contribution is 7.13.